The Labute approximate surface area is 208 Å². The molecular formula is C26H44O9. The number of hydrogen-bond donors (Lipinski definition) is 4. The van der Waals surface area contributed by atoms with Crippen LogP contribution in [-0.2, 0) is 23.8 Å². The zero-order chi connectivity index (χ0) is 26.0. The van der Waals surface area contributed by atoms with Crippen LogP contribution in [0.5, 0.6) is 0 Å². The Hall–Kier alpha value is -1.52. The number of esters is 1. The van der Waals surface area contributed by atoms with Gasteiger partial charge < -0.3 is 34.6 Å². The fraction of sp³-hybridized carbons (Fsp3) is 0.846. The molecule has 2 saturated heterocycles. The Kier molecular flexibility index (Phi) is 12.6. The van der Waals surface area contributed by atoms with E-state index in [1.54, 1.807) is 13.8 Å². The number of aliphatic hydroxyl groups excluding tert-OH is 3. The van der Waals surface area contributed by atoms with Crippen LogP contribution in [0.1, 0.15) is 78.6 Å². The second kappa shape index (κ2) is 14.9. The summed E-state index contributed by atoms with van der Waals surface area (Å²) in [7, 11) is 0. The highest BCUT2D eigenvalue weighted by atomic mass is 16.6. The lowest BCUT2D eigenvalue weighted by Crippen LogP contribution is -2.50. The van der Waals surface area contributed by atoms with E-state index in [0.29, 0.717) is 38.0 Å². The summed E-state index contributed by atoms with van der Waals surface area (Å²) in [5.41, 5.74) is 0.708. The number of carboxylic acids is 1. The van der Waals surface area contributed by atoms with Gasteiger partial charge in [0.2, 0.25) is 0 Å². The molecule has 0 bridgehead atoms. The van der Waals surface area contributed by atoms with E-state index in [0.717, 1.165) is 32.1 Å². The number of rotatable bonds is 16. The summed E-state index contributed by atoms with van der Waals surface area (Å²) < 4.78 is 16.7. The van der Waals surface area contributed by atoms with Gasteiger partial charge in [-0.2, -0.15) is 0 Å². The highest BCUT2D eigenvalue weighted by Gasteiger charge is 2.48. The molecular weight excluding hydrogens is 456 g/mol. The molecule has 0 radical (unpaired) electrons. The van der Waals surface area contributed by atoms with Gasteiger partial charge in [-0.3, -0.25) is 4.79 Å². The van der Waals surface area contributed by atoms with Crippen molar-refractivity contribution in [3.63, 3.8) is 0 Å². The summed E-state index contributed by atoms with van der Waals surface area (Å²) in [6.45, 7) is 6.07. The molecule has 2 heterocycles. The van der Waals surface area contributed by atoms with Gasteiger partial charge in [-0.1, -0.05) is 38.2 Å². The van der Waals surface area contributed by atoms with E-state index in [4.69, 9.17) is 19.3 Å². The van der Waals surface area contributed by atoms with Crippen molar-refractivity contribution >= 4 is 11.9 Å². The number of aliphatic carboxylic acids is 1. The molecule has 9 nitrogen and oxygen atoms in total. The van der Waals surface area contributed by atoms with Gasteiger partial charge >= 0.3 is 11.9 Å². The van der Waals surface area contributed by atoms with Crippen molar-refractivity contribution in [3.8, 4) is 0 Å². The number of carbonyl (C=O) groups excluding carboxylic acids is 1. The van der Waals surface area contributed by atoms with Crippen LogP contribution in [0.25, 0.3) is 0 Å². The van der Waals surface area contributed by atoms with Gasteiger partial charge in [0.05, 0.1) is 43.7 Å². The van der Waals surface area contributed by atoms with Crippen molar-refractivity contribution in [2.45, 2.75) is 115 Å². The molecule has 2 aliphatic heterocycles. The van der Waals surface area contributed by atoms with E-state index >= 15 is 0 Å². The monoisotopic (exact) mass is 500 g/mol. The average molecular weight is 501 g/mol. The second-order valence-corrected chi connectivity index (χ2v) is 10.2. The summed E-state index contributed by atoms with van der Waals surface area (Å²) >= 11 is 0. The maximum atomic E-state index is 12.1. The summed E-state index contributed by atoms with van der Waals surface area (Å²) in [5, 5.41) is 39.5. The summed E-state index contributed by atoms with van der Waals surface area (Å²) in [6, 6.07) is 0. The number of unbranched alkanes of at least 4 members (excludes halogenated alkanes) is 5. The van der Waals surface area contributed by atoms with Crippen molar-refractivity contribution in [2.24, 2.45) is 11.8 Å². The number of ether oxygens (including phenoxy) is 3. The molecule has 2 rings (SSSR count). The van der Waals surface area contributed by atoms with Gasteiger partial charge in [0.25, 0.3) is 0 Å². The number of carboxylic acid groups (broad SMARTS) is 1. The van der Waals surface area contributed by atoms with Gasteiger partial charge in [0.1, 0.15) is 6.10 Å². The molecule has 0 aliphatic carbocycles. The topological polar surface area (TPSA) is 146 Å². The van der Waals surface area contributed by atoms with Gasteiger partial charge in [0, 0.05) is 24.3 Å². The van der Waals surface area contributed by atoms with Crippen LogP contribution in [0.15, 0.2) is 11.6 Å². The molecule has 4 N–H and O–H groups in total. The molecule has 9 heteroatoms. The first-order valence-electron chi connectivity index (χ1n) is 13.0. The fourth-order valence-corrected chi connectivity index (χ4v) is 4.59. The minimum Gasteiger partial charge on any atom is -0.481 e. The second-order valence-electron chi connectivity index (χ2n) is 10.2. The van der Waals surface area contributed by atoms with E-state index in [1.807, 2.05) is 6.92 Å². The first-order chi connectivity index (χ1) is 16.6. The minimum absolute atomic E-state index is 0.0160. The van der Waals surface area contributed by atoms with E-state index < -0.39 is 36.4 Å². The maximum Gasteiger partial charge on any atom is 0.330 e. The van der Waals surface area contributed by atoms with Gasteiger partial charge in [-0.15, -0.1) is 0 Å². The van der Waals surface area contributed by atoms with Crippen LogP contribution in [-0.4, -0.2) is 82.2 Å². The van der Waals surface area contributed by atoms with Crippen LogP contribution >= 0.6 is 0 Å². The summed E-state index contributed by atoms with van der Waals surface area (Å²) in [6.07, 6.45) is 4.61. The minimum atomic E-state index is -1.06. The number of carbonyl (C=O) groups is 2. The number of epoxide rings is 1. The Bertz CT molecular complexity index is 692. The van der Waals surface area contributed by atoms with Crippen LogP contribution in [0.4, 0.5) is 0 Å². The van der Waals surface area contributed by atoms with Crippen molar-refractivity contribution in [3.05, 3.63) is 11.6 Å². The molecule has 0 aromatic rings. The Morgan fingerprint density at radius 3 is 2.34 bits per heavy atom. The largest absolute Gasteiger partial charge is 0.481 e. The molecule has 0 spiro atoms. The third kappa shape index (κ3) is 10.6. The van der Waals surface area contributed by atoms with E-state index in [-0.39, 0.29) is 30.5 Å². The quantitative estimate of drug-likeness (QED) is 0.109. The molecule has 0 aromatic carbocycles. The molecule has 35 heavy (non-hydrogen) atoms. The first-order valence-corrected chi connectivity index (χ1v) is 13.0. The van der Waals surface area contributed by atoms with Crippen LogP contribution in [0.3, 0.4) is 0 Å². The van der Waals surface area contributed by atoms with Crippen LogP contribution < -0.4 is 0 Å². The SMILES string of the molecule is C/C(=C\C(=O)OCCCCCCCCC(=O)O)C[C@@H]1OC[C@H](C[C@@H]2O[C@@H]2[C@H](C)[C@H](C)O)[C@@H](O)[C@H]1O. The zero-order valence-corrected chi connectivity index (χ0v) is 21.3. The molecule has 2 fully saturated rings. The maximum absolute atomic E-state index is 12.1. The first kappa shape index (κ1) is 29.7. The predicted octanol–water partition coefficient (Wildman–Crippen LogP) is 2.59. The van der Waals surface area contributed by atoms with E-state index in [2.05, 4.69) is 0 Å². The van der Waals surface area contributed by atoms with Gasteiger partial charge in [0.15, 0.2) is 0 Å². The van der Waals surface area contributed by atoms with Gasteiger partial charge in [-0.05, 0) is 39.5 Å². The lowest BCUT2D eigenvalue weighted by atomic mass is 9.85. The van der Waals surface area contributed by atoms with Crippen molar-refractivity contribution in [1.82, 2.24) is 0 Å². The smallest absolute Gasteiger partial charge is 0.330 e. The van der Waals surface area contributed by atoms with Gasteiger partial charge in [-0.25, -0.2) is 4.79 Å². The zero-order valence-electron chi connectivity index (χ0n) is 21.3. The highest BCUT2D eigenvalue weighted by Crippen LogP contribution is 2.38. The molecule has 202 valence electrons. The van der Waals surface area contributed by atoms with Crippen molar-refractivity contribution in [2.75, 3.05) is 13.2 Å². The number of hydrogen-bond acceptors (Lipinski definition) is 8. The van der Waals surface area contributed by atoms with E-state index in [9.17, 15) is 24.9 Å². The lowest BCUT2D eigenvalue weighted by Gasteiger charge is -2.38. The Morgan fingerprint density at radius 1 is 1.03 bits per heavy atom. The molecule has 8 atom stereocenters. The van der Waals surface area contributed by atoms with Crippen LogP contribution in [0.2, 0.25) is 0 Å². The molecule has 0 amide bonds. The highest BCUT2D eigenvalue weighted by molar-refractivity contribution is 5.82. The van der Waals surface area contributed by atoms with E-state index in [1.165, 1.54) is 6.08 Å². The van der Waals surface area contributed by atoms with Crippen molar-refractivity contribution in [1.29, 1.82) is 0 Å². The normalized spacial score (nSPS) is 30.5. The average Bonchev–Trinajstić information content (AvgIpc) is 3.55. The van der Waals surface area contributed by atoms with Crippen LogP contribution in [0, 0.1) is 11.8 Å². The molecule has 0 saturated carbocycles. The molecule has 0 aromatic heterocycles. The standard InChI is InChI=1S/C26H44O9/c1-16(13-23(30)33-11-9-7-5-4-6-8-10-22(28)29)12-20-25(32)24(31)19(15-34-20)14-21-26(35-21)17(2)18(3)27/h13,17-21,24-27,31-32H,4-12,14-15H2,1-3H3,(H,28,29)/b16-13+/t17-,18+,19+,20+,21+,24-,25+,26-/m1/s1. The fourth-order valence-electron chi connectivity index (χ4n) is 4.59. The lowest BCUT2D eigenvalue weighted by molar-refractivity contribution is -0.165. The Morgan fingerprint density at radius 2 is 1.69 bits per heavy atom. The summed E-state index contributed by atoms with van der Waals surface area (Å²) in [5.74, 6) is -1.42. The molecule has 0 unspecified atom stereocenters. The predicted molar refractivity (Wildman–Crippen MR) is 129 cm³/mol. The Balaban J connectivity index is 1.62. The number of aliphatic hydroxyl groups is 3. The third-order valence-electron chi connectivity index (χ3n) is 7.09. The molecule has 2 aliphatic rings. The third-order valence-corrected chi connectivity index (χ3v) is 7.09. The summed E-state index contributed by atoms with van der Waals surface area (Å²) in [4.78, 5) is 22.5. The van der Waals surface area contributed by atoms with Crippen molar-refractivity contribution < 1.29 is 44.2 Å².